The quantitative estimate of drug-likeness (QED) is 0.133. The Bertz CT molecular complexity index is 3370. The molecule has 2 aromatic heterocycles. The molecule has 0 bridgehead atoms. The second-order valence-corrected chi connectivity index (χ2v) is 29.7. The summed E-state index contributed by atoms with van der Waals surface area (Å²) in [6.45, 7) is 38.3. The molecule has 0 saturated carbocycles. The van der Waals surface area contributed by atoms with Gasteiger partial charge in [0.25, 0.3) is 8.32 Å². The van der Waals surface area contributed by atoms with Gasteiger partial charge >= 0.3 is 0 Å². The van der Waals surface area contributed by atoms with Crippen LogP contribution in [0.3, 0.4) is 0 Å². The van der Waals surface area contributed by atoms with Crippen LogP contribution in [0.1, 0.15) is 132 Å². The fourth-order valence-corrected chi connectivity index (χ4v) is 12.4. The van der Waals surface area contributed by atoms with Crippen LogP contribution in [0.2, 0.25) is 13.1 Å². The monoisotopic (exact) mass is 1150 g/mol. The van der Waals surface area contributed by atoms with Crippen LogP contribution in [0, 0.1) is 11.5 Å². The van der Waals surface area contributed by atoms with Gasteiger partial charge in [-0.15, -0.1) is 29.3 Å². The van der Waals surface area contributed by atoms with Crippen LogP contribution in [0.25, 0.3) is 72.7 Å². The number of hydrogen-bond acceptors (Lipinski definition) is 4. The molecule has 72 heavy (non-hydrogen) atoms. The Labute approximate surface area is 446 Å². The van der Waals surface area contributed by atoms with Crippen molar-refractivity contribution < 1.29 is 30.6 Å². The van der Waals surface area contributed by atoms with Crippen molar-refractivity contribution in [2.75, 3.05) is 0 Å². The van der Waals surface area contributed by atoms with E-state index in [1.54, 1.807) is 0 Å². The zero-order valence-electron chi connectivity index (χ0n) is 45.8. The molecule has 8 aromatic rings. The second-order valence-electron chi connectivity index (χ2n) is 25.9. The molecule has 0 radical (unpaired) electrons. The van der Waals surface area contributed by atoms with Gasteiger partial charge in [-0.3, -0.25) is 9.55 Å². The van der Waals surface area contributed by atoms with Crippen LogP contribution in [0.4, 0.5) is 0 Å². The van der Waals surface area contributed by atoms with Crippen LogP contribution >= 0.6 is 0 Å². The molecule has 0 atom stereocenters. The fraction of sp³-hybridized carbons (Fsp3) is 0.354. The van der Waals surface area contributed by atoms with Crippen molar-refractivity contribution in [1.29, 1.82) is 0 Å². The topological polar surface area (TPSA) is 60.2 Å². The van der Waals surface area contributed by atoms with E-state index >= 15 is 0 Å². The number of hydrogen-bond donors (Lipinski definition) is 1. The Kier molecular flexibility index (Phi) is 13.5. The van der Waals surface area contributed by atoms with E-state index in [1.165, 1.54) is 21.9 Å². The van der Waals surface area contributed by atoms with Crippen molar-refractivity contribution in [3.05, 3.63) is 155 Å². The van der Waals surface area contributed by atoms with Crippen molar-refractivity contribution in [3.8, 4) is 73.2 Å². The third kappa shape index (κ3) is 10.1. The van der Waals surface area contributed by atoms with Gasteiger partial charge in [-0.05, 0) is 110 Å². The smallest absolute Gasteiger partial charge is 0.276 e. The summed E-state index contributed by atoms with van der Waals surface area (Å²) in [7, 11) is -2.43. The van der Waals surface area contributed by atoms with Crippen molar-refractivity contribution in [2.45, 2.75) is 145 Å². The molecule has 376 valence electrons. The van der Waals surface area contributed by atoms with Crippen molar-refractivity contribution in [2.24, 2.45) is 5.41 Å². The van der Waals surface area contributed by atoms with Gasteiger partial charge in [0.2, 0.25) is 0 Å². The normalized spacial score (nSPS) is 13.8. The second kappa shape index (κ2) is 18.4. The minimum atomic E-state index is -2.43. The largest absolute Gasteiger partial charge is 0.543 e. The predicted molar refractivity (Wildman–Crippen MR) is 302 cm³/mol. The molecule has 0 amide bonds. The van der Waals surface area contributed by atoms with E-state index in [9.17, 15) is 5.11 Å². The van der Waals surface area contributed by atoms with E-state index < -0.39 is 8.32 Å². The maximum atomic E-state index is 12.7. The maximum absolute atomic E-state index is 12.7. The summed E-state index contributed by atoms with van der Waals surface area (Å²) in [5, 5.41) is 14.0. The average Bonchev–Trinajstić information content (AvgIpc) is 3.66. The summed E-state index contributed by atoms with van der Waals surface area (Å²) in [5.41, 5.74) is 16.6. The number of phenolic OH excluding ortho intramolecular Hbond substituents is 1. The number of imidazole rings is 1. The van der Waals surface area contributed by atoms with Crippen molar-refractivity contribution in [1.82, 2.24) is 14.5 Å². The molecule has 3 heterocycles. The van der Waals surface area contributed by atoms with Gasteiger partial charge in [-0.2, -0.15) is 0 Å². The molecular formula is C65H74N3O2PtSi-. The Morgan fingerprint density at radius 1 is 0.583 bits per heavy atom. The van der Waals surface area contributed by atoms with Gasteiger partial charge in [0, 0.05) is 49.6 Å². The van der Waals surface area contributed by atoms with E-state index in [4.69, 9.17) is 14.4 Å². The zero-order chi connectivity index (χ0) is 51.4. The summed E-state index contributed by atoms with van der Waals surface area (Å²) in [4.78, 5) is 10.9. The Balaban J connectivity index is 0.00000693. The summed E-state index contributed by atoms with van der Waals surface area (Å²) in [5.74, 6) is 1.76. The molecule has 0 unspecified atom stereocenters. The Hall–Kier alpha value is -5.55. The molecule has 6 aromatic carbocycles. The predicted octanol–water partition coefficient (Wildman–Crippen LogP) is 16.8. The van der Waals surface area contributed by atoms with Crippen LogP contribution < -0.4 is 9.61 Å². The molecule has 0 fully saturated rings. The molecule has 1 aliphatic heterocycles. The molecule has 0 saturated heterocycles. The minimum Gasteiger partial charge on any atom is -0.543 e. The Morgan fingerprint density at radius 3 is 1.86 bits per heavy atom. The van der Waals surface area contributed by atoms with E-state index in [0.717, 1.165) is 84.7 Å². The Morgan fingerprint density at radius 2 is 1.22 bits per heavy atom. The van der Waals surface area contributed by atoms with Crippen LogP contribution in [-0.4, -0.2) is 28.0 Å². The number of para-hydroxylation sites is 1. The fourth-order valence-electron chi connectivity index (χ4n) is 10.2. The number of nitrogens with zero attached hydrogens (tertiary/aromatic N) is 3. The molecule has 0 spiro atoms. The van der Waals surface area contributed by atoms with Crippen LogP contribution in [0.15, 0.2) is 121 Å². The SMILES string of the molecule is CC(C)(C)Cc1ccc2c(c1)[Si](C)(C)Oc1c-2ccnc1-c1[c-]c(-c2cccc3c2nc(-c2cc(C(C)(C)C)cc(C(C)(C)C)c2O)n3-c2ccc(C(C)(C)C)cc2-c2ccccc2)cc(C(C)(C)C)c1.[Pt]. The molecule has 5 nitrogen and oxygen atoms in total. The third-order valence-corrected chi connectivity index (χ3v) is 16.6. The maximum Gasteiger partial charge on any atom is 0.276 e. The van der Waals surface area contributed by atoms with Gasteiger partial charge in [-0.25, -0.2) is 4.98 Å². The van der Waals surface area contributed by atoms with Crippen molar-refractivity contribution >= 4 is 24.5 Å². The molecule has 1 aliphatic rings. The number of fused-ring (bicyclic) bond motifs is 4. The molecule has 7 heteroatoms. The van der Waals surface area contributed by atoms with Gasteiger partial charge in [0.05, 0.1) is 22.3 Å². The summed E-state index contributed by atoms with van der Waals surface area (Å²) >= 11 is 0. The van der Waals surface area contributed by atoms with Gasteiger partial charge in [0.15, 0.2) is 0 Å². The molecular weight excluding hydrogens is 1080 g/mol. The minimum absolute atomic E-state index is 0. The molecule has 0 aliphatic carbocycles. The first kappa shape index (κ1) is 52.8. The van der Waals surface area contributed by atoms with Crippen molar-refractivity contribution in [3.63, 3.8) is 0 Å². The number of benzene rings is 6. The average molecular weight is 1150 g/mol. The first-order valence-electron chi connectivity index (χ1n) is 25.5. The van der Waals surface area contributed by atoms with Gasteiger partial charge in [-0.1, -0.05) is 188 Å². The summed E-state index contributed by atoms with van der Waals surface area (Å²) < 4.78 is 9.53. The number of aromatic hydroxyl groups is 1. The number of phenols is 1. The standard InChI is InChI=1S/C65H74N3O2Si.Pt/c1-61(2,3)39-40-26-28-48-49-30-31-66-56(59(49)70-71(16,17)55(48)32-40)43-33-42(34-45(35-43)63(7,8)9)47-24-21-25-54-57(47)67-60(51-37-46(64(10,11)12)38-52(58(51)69)65(13,14)15)68(54)53-29-27-44(62(4,5)6)36-50(53)41-22-19-18-20-23-41;/h18-32,34-38,69H,39H2,1-17H3;/q-1;. The molecule has 9 rings (SSSR count). The van der Waals surface area contributed by atoms with E-state index in [0.29, 0.717) is 11.4 Å². The number of aromatic nitrogens is 3. The van der Waals surface area contributed by atoms with Crippen LogP contribution in [-0.2, 0) is 49.1 Å². The zero-order valence-corrected chi connectivity index (χ0v) is 49.0. The third-order valence-electron chi connectivity index (χ3n) is 14.2. The van der Waals surface area contributed by atoms with Crippen LogP contribution in [0.5, 0.6) is 11.5 Å². The molecule has 1 N–H and O–H groups in total. The first-order chi connectivity index (χ1) is 33.0. The van der Waals surface area contributed by atoms with E-state index in [2.05, 4.69) is 243 Å². The summed E-state index contributed by atoms with van der Waals surface area (Å²) in [6.07, 6.45) is 2.93. The number of rotatable bonds is 6. The van der Waals surface area contributed by atoms with E-state index in [-0.39, 0.29) is 53.9 Å². The summed E-state index contributed by atoms with van der Waals surface area (Å²) in [6, 6.07) is 45.9. The van der Waals surface area contributed by atoms with E-state index in [1.807, 2.05) is 6.20 Å². The first-order valence-corrected chi connectivity index (χ1v) is 28.4. The van der Waals surface area contributed by atoms with Gasteiger partial charge in [0.1, 0.15) is 17.3 Å². The van der Waals surface area contributed by atoms with Gasteiger partial charge < -0.3 is 9.53 Å². The number of pyridine rings is 1.